The lowest BCUT2D eigenvalue weighted by molar-refractivity contribution is -0.139. The molecule has 0 bridgehead atoms. The van der Waals surface area contributed by atoms with Crippen LogP contribution in [0.3, 0.4) is 0 Å². The van der Waals surface area contributed by atoms with Crippen molar-refractivity contribution in [3.63, 3.8) is 0 Å². The summed E-state index contributed by atoms with van der Waals surface area (Å²) >= 11 is 0. The molecule has 1 aliphatic carbocycles. The third kappa shape index (κ3) is 3.26. The van der Waals surface area contributed by atoms with Gasteiger partial charge in [-0.1, -0.05) is 6.92 Å². The van der Waals surface area contributed by atoms with Crippen LogP contribution >= 0.6 is 0 Å². The highest BCUT2D eigenvalue weighted by molar-refractivity contribution is 5.90. The van der Waals surface area contributed by atoms with E-state index in [4.69, 9.17) is 5.11 Å². The summed E-state index contributed by atoms with van der Waals surface area (Å²) in [5, 5.41) is 12.0. The fourth-order valence-electron chi connectivity index (χ4n) is 2.49. The van der Waals surface area contributed by atoms with Crippen molar-refractivity contribution in [2.24, 2.45) is 11.8 Å². The minimum atomic E-state index is -0.304. The summed E-state index contributed by atoms with van der Waals surface area (Å²) in [5.74, 6) is 0.278. The third-order valence-corrected chi connectivity index (χ3v) is 4.28. The van der Waals surface area contributed by atoms with Gasteiger partial charge in [0.15, 0.2) is 0 Å². The highest BCUT2D eigenvalue weighted by Gasteiger charge is 2.41. The van der Waals surface area contributed by atoms with Crippen LogP contribution < -0.4 is 5.32 Å². The zero-order chi connectivity index (χ0) is 14.0. The second kappa shape index (κ2) is 5.90. The normalized spacial score (nSPS) is 26.1. The van der Waals surface area contributed by atoms with Crippen molar-refractivity contribution in [2.45, 2.75) is 51.6 Å². The molecule has 0 spiro atoms. The van der Waals surface area contributed by atoms with E-state index in [-0.39, 0.29) is 42.3 Å². The van der Waals surface area contributed by atoms with E-state index in [0.717, 1.165) is 25.7 Å². The van der Waals surface area contributed by atoms with Gasteiger partial charge in [0.1, 0.15) is 6.04 Å². The highest BCUT2D eigenvalue weighted by Crippen LogP contribution is 2.33. The number of carbonyl (C=O) groups is 2. The maximum atomic E-state index is 12.2. The zero-order valence-corrected chi connectivity index (χ0v) is 11.8. The summed E-state index contributed by atoms with van der Waals surface area (Å²) in [5.41, 5.74) is 0. The van der Waals surface area contributed by atoms with E-state index in [1.807, 2.05) is 13.8 Å². The highest BCUT2D eigenvalue weighted by atomic mass is 16.3. The van der Waals surface area contributed by atoms with Gasteiger partial charge in [0, 0.05) is 25.1 Å². The summed E-state index contributed by atoms with van der Waals surface area (Å²) in [6.45, 7) is 4.54. The van der Waals surface area contributed by atoms with Gasteiger partial charge in [-0.2, -0.15) is 0 Å². The molecular formula is C14H24N2O3. The number of amides is 2. The Morgan fingerprint density at radius 2 is 2.00 bits per heavy atom. The minimum absolute atomic E-state index is 0.0259. The molecule has 1 aliphatic heterocycles. The Kier molecular flexibility index (Phi) is 4.45. The van der Waals surface area contributed by atoms with Crippen molar-refractivity contribution in [1.82, 2.24) is 10.2 Å². The summed E-state index contributed by atoms with van der Waals surface area (Å²) < 4.78 is 0. The number of nitrogens with zero attached hydrogens (tertiary/aromatic N) is 1. The third-order valence-electron chi connectivity index (χ3n) is 4.28. The van der Waals surface area contributed by atoms with Crippen molar-refractivity contribution in [1.29, 1.82) is 0 Å². The molecule has 0 aromatic heterocycles. The van der Waals surface area contributed by atoms with Crippen molar-refractivity contribution in [3.05, 3.63) is 0 Å². The van der Waals surface area contributed by atoms with E-state index >= 15 is 0 Å². The van der Waals surface area contributed by atoms with Crippen LogP contribution in [0.15, 0.2) is 0 Å². The molecule has 19 heavy (non-hydrogen) atoms. The van der Waals surface area contributed by atoms with Crippen molar-refractivity contribution in [3.8, 4) is 0 Å². The van der Waals surface area contributed by atoms with E-state index in [0.29, 0.717) is 6.54 Å². The number of hydrogen-bond donors (Lipinski definition) is 2. The summed E-state index contributed by atoms with van der Waals surface area (Å²) in [4.78, 5) is 26.1. The van der Waals surface area contributed by atoms with E-state index in [9.17, 15) is 9.59 Å². The molecule has 0 aromatic carbocycles. The Morgan fingerprint density at radius 1 is 1.32 bits per heavy atom. The predicted octanol–water partition coefficient (Wildman–Crippen LogP) is 0.520. The number of hydrogen-bond acceptors (Lipinski definition) is 3. The number of carbonyl (C=O) groups excluding carboxylic acids is 2. The zero-order valence-electron chi connectivity index (χ0n) is 11.8. The van der Waals surface area contributed by atoms with E-state index in [1.54, 1.807) is 4.90 Å². The maximum Gasteiger partial charge on any atom is 0.243 e. The van der Waals surface area contributed by atoms with Gasteiger partial charge in [0.2, 0.25) is 11.8 Å². The Balaban J connectivity index is 1.91. The van der Waals surface area contributed by atoms with Crippen LogP contribution in [0.1, 0.15) is 39.5 Å². The molecule has 3 unspecified atom stereocenters. The topological polar surface area (TPSA) is 69.6 Å². The first kappa shape index (κ1) is 14.3. The van der Waals surface area contributed by atoms with Gasteiger partial charge >= 0.3 is 0 Å². The lowest BCUT2D eigenvalue weighted by atomic mass is 10.0. The molecule has 3 atom stereocenters. The fourth-order valence-corrected chi connectivity index (χ4v) is 2.49. The smallest absolute Gasteiger partial charge is 0.243 e. The number of likely N-dealkylation sites (tertiary alicyclic amines) is 1. The largest absolute Gasteiger partial charge is 0.396 e. The van der Waals surface area contributed by atoms with Crippen LogP contribution in [0, 0.1) is 11.8 Å². The molecule has 108 valence electrons. The van der Waals surface area contributed by atoms with Crippen molar-refractivity contribution in [2.75, 3.05) is 13.2 Å². The first-order valence-corrected chi connectivity index (χ1v) is 7.26. The van der Waals surface area contributed by atoms with Gasteiger partial charge in [0.05, 0.1) is 0 Å². The van der Waals surface area contributed by atoms with Gasteiger partial charge in [-0.25, -0.2) is 0 Å². The van der Waals surface area contributed by atoms with E-state index in [2.05, 4.69) is 5.32 Å². The van der Waals surface area contributed by atoms with Crippen LogP contribution in [0.2, 0.25) is 0 Å². The predicted molar refractivity (Wildman–Crippen MR) is 71.3 cm³/mol. The van der Waals surface area contributed by atoms with Gasteiger partial charge in [-0.3, -0.25) is 9.59 Å². The number of aliphatic hydroxyl groups excluding tert-OH is 1. The Morgan fingerprint density at radius 3 is 2.58 bits per heavy atom. The average Bonchev–Trinajstić information content (AvgIpc) is 3.13. The lowest BCUT2D eigenvalue weighted by Gasteiger charge is -2.27. The molecule has 5 nitrogen and oxygen atoms in total. The second-order valence-electron chi connectivity index (χ2n) is 5.92. The van der Waals surface area contributed by atoms with E-state index in [1.165, 1.54) is 0 Å². The molecule has 2 rings (SSSR count). The summed E-state index contributed by atoms with van der Waals surface area (Å²) in [6.07, 6.45) is 3.61. The first-order chi connectivity index (χ1) is 9.04. The van der Waals surface area contributed by atoms with E-state index < -0.39 is 0 Å². The van der Waals surface area contributed by atoms with Crippen molar-refractivity contribution >= 4 is 11.8 Å². The van der Waals surface area contributed by atoms with Crippen molar-refractivity contribution < 1.29 is 14.7 Å². The number of aliphatic hydroxyl groups is 1. The van der Waals surface area contributed by atoms with Gasteiger partial charge in [-0.15, -0.1) is 0 Å². The Labute approximate surface area is 114 Å². The van der Waals surface area contributed by atoms with Crippen LogP contribution in [-0.2, 0) is 9.59 Å². The maximum absolute atomic E-state index is 12.2. The standard InChI is InChI=1S/C14H24N2O3/c1-9(8-17)10(2)15-13(18)12-4-3-7-16(12)14(19)11-5-6-11/h9-12,17H,3-8H2,1-2H3,(H,15,18). The summed E-state index contributed by atoms with van der Waals surface area (Å²) in [7, 11) is 0. The molecule has 0 radical (unpaired) electrons. The minimum Gasteiger partial charge on any atom is -0.396 e. The fraction of sp³-hybridized carbons (Fsp3) is 0.857. The molecule has 1 saturated carbocycles. The van der Waals surface area contributed by atoms with Gasteiger partial charge in [-0.05, 0) is 38.5 Å². The van der Waals surface area contributed by atoms with Crippen LogP contribution in [0.25, 0.3) is 0 Å². The molecular weight excluding hydrogens is 244 g/mol. The Hall–Kier alpha value is -1.10. The number of nitrogens with one attached hydrogen (secondary N) is 1. The van der Waals surface area contributed by atoms with Gasteiger partial charge < -0.3 is 15.3 Å². The van der Waals surface area contributed by atoms with Gasteiger partial charge in [0.25, 0.3) is 0 Å². The van der Waals surface area contributed by atoms with Crippen LogP contribution in [0.4, 0.5) is 0 Å². The molecule has 2 N–H and O–H groups in total. The Bertz CT molecular complexity index is 355. The van der Waals surface area contributed by atoms with Crippen LogP contribution in [0.5, 0.6) is 0 Å². The molecule has 0 aromatic rings. The summed E-state index contributed by atoms with van der Waals surface area (Å²) in [6, 6.07) is -0.377. The molecule has 1 saturated heterocycles. The molecule has 1 heterocycles. The molecule has 5 heteroatoms. The molecule has 2 amide bonds. The first-order valence-electron chi connectivity index (χ1n) is 7.26. The monoisotopic (exact) mass is 268 g/mol. The lowest BCUT2D eigenvalue weighted by Crippen LogP contribution is -2.50. The molecule has 2 fully saturated rings. The quantitative estimate of drug-likeness (QED) is 0.764. The molecule has 2 aliphatic rings. The van der Waals surface area contributed by atoms with Crippen LogP contribution in [-0.4, -0.2) is 47.1 Å². The number of rotatable bonds is 5. The average molecular weight is 268 g/mol. The second-order valence-corrected chi connectivity index (χ2v) is 5.92. The SMILES string of the molecule is CC(CO)C(C)NC(=O)C1CCCN1C(=O)C1CC1.